The van der Waals surface area contributed by atoms with Gasteiger partial charge in [0.2, 0.25) is 0 Å². The molecule has 2 aliphatic rings. The maximum Gasteiger partial charge on any atom is 0.308 e. The molecule has 4 rings (SSSR count). The van der Waals surface area contributed by atoms with Crippen LogP contribution in [-0.4, -0.2) is 130 Å². The van der Waals surface area contributed by atoms with Crippen molar-refractivity contribution in [3.05, 3.63) is 58.9 Å². The molecule has 0 aliphatic carbocycles. The number of aliphatic carboxylic acids is 1. The first kappa shape index (κ1) is 48.9. The summed E-state index contributed by atoms with van der Waals surface area (Å²) in [6, 6.07) is 10.4. The number of nitrogens with one attached hydrogen (secondary N) is 1. The van der Waals surface area contributed by atoms with E-state index in [1.54, 1.807) is 51.4 Å². The Balaban J connectivity index is 0.000000708. The predicted octanol–water partition coefficient (Wildman–Crippen LogP) is 5.50. The van der Waals surface area contributed by atoms with Gasteiger partial charge in [-0.2, -0.15) is 10.2 Å². The Kier molecular flexibility index (Phi) is 20.9. The molecule has 0 saturated carbocycles. The van der Waals surface area contributed by atoms with Crippen LogP contribution in [0.5, 0.6) is 0 Å². The molecule has 2 aliphatic heterocycles. The van der Waals surface area contributed by atoms with Gasteiger partial charge < -0.3 is 49.3 Å². The quantitative estimate of drug-likeness (QED) is 0.128. The molecule has 2 aromatic rings. The number of hydrogen-bond acceptors (Lipinski definition) is 12. The maximum atomic E-state index is 12.9. The van der Waals surface area contributed by atoms with Crippen LogP contribution in [0.2, 0.25) is 5.02 Å². The number of carboxylic acids is 1. The largest absolute Gasteiger partial charge is 0.481 e. The summed E-state index contributed by atoms with van der Waals surface area (Å²) in [6.07, 6.45) is 0.0598. The molecule has 14 nitrogen and oxygen atoms in total. The smallest absolute Gasteiger partial charge is 0.308 e. The second-order valence-corrected chi connectivity index (χ2v) is 15.2. The number of rotatable bonds is 8. The number of H-pyrrole nitrogens is 1. The molecule has 3 heterocycles. The van der Waals surface area contributed by atoms with Gasteiger partial charge in [-0.25, -0.2) is 0 Å². The van der Waals surface area contributed by atoms with Crippen molar-refractivity contribution in [3.8, 4) is 0 Å². The lowest BCUT2D eigenvalue weighted by Gasteiger charge is -2.43. The Morgan fingerprint density at radius 3 is 2.30 bits per heavy atom. The fourth-order valence-corrected chi connectivity index (χ4v) is 6.63. The minimum atomic E-state index is -1.71. The van der Waals surface area contributed by atoms with Gasteiger partial charge in [-0.1, -0.05) is 51.4 Å². The van der Waals surface area contributed by atoms with Gasteiger partial charge in [0.1, 0.15) is 18.3 Å². The molecule has 0 spiro atoms. The number of aromatic amines is 1. The third-order valence-electron chi connectivity index (χ3n) is 10.0. The van der Waals surface area contributed by atoms with Crippen molar-refractivity contribution in [2.75, 3.05) is 27.8 Å². The van der Waals surface area contributed by atoms with Crippen LogP contribution in [0.3, 0.4) is 0 Å². The molecule has 0 radical (unpaired) electrons. The number of carbonyl (C=O) groups is 2. The van der Waals surface area contributed by atoms with Gasteiger partial charge in [0, 0.05) is 36.0 Å². The standard InChI is InChI=1S/C31H52N4O8.C8H7ClO2.C2H6/c1-18-11-13-26(43-30-27(36)24(35(6)7)16-19(2)42-30)25(40-8)14-12-22(34-33-21(4)23-10-9-15-32-23)20(3)28(37)31(5,39)17-41-29(18)38;9-7-3-1-6(2-4-7)5-8(10)11;1-2/h9-10,15,18-20,24-28,30,32,36-37,39H,11-14,16-17H2,1-8H3;1-4H,5H2,(H,10,11);1-2H3/b33-21+,34-22+;;/t18?,19?,20?,24?,25?,26-,27?,28?,30?,31?;;/m1../s1. The van der Waals surface area contributed by atoms with E-state index >= 15 is 0 Å². The van der Waals surface area contributed by atoms with E-state index in [9.17, 15) is 24.9 Å². The first-order valence-corrected chi connectivity index (χ1v) is 19.8. The van der Waals surface area contributed by atoms with Gasteiger partial charge in [-0.15, -0.1) is 0 Å². The summed E-state index contributed by atoms with van der Waals surface area (Å²) < 4.78 is 23.9. The summed E-state index contributed by atoms with van der Waals surface area (Å²) in [5, 5.41) is 51.4. The number of hydrogen-bond donors (Lipinski definition) is 5. The highest BCUT2D eigenvalue weighted by atomic mass is 35.5. The zero-order chi connectivity index (χ0) is 42.2. The molecule has 9 unspecified atom stereocenters. The van der Waals surface area contributed by atoms with E-state index in [1.165, 1.54) is 6.92 Å². The van der Waals surface area contributed by atoms with Crippen LogP contribution in [0.1, 0.15) is 91.8 Å². The minimum absolute atomic E-state index is 0.0527. The van der Waals surface area contributed by atoms with Gasteiger partial charge in [0.25, 0.3) is 0 Å². The van der Waals surface area contributed by atoms with E-state index in [0.717, 1.165) is 11.3 Å². The van der Waals surface area contributed by atoms with Crippen LogP contribution < -0.4 is 0 Å². The number of carbonyl (C=O) groups excluding carboxylic acids is 1. The molecule has 56 heavy (non-hydrogen) atoms. The second kappa shape index (κ2) is 23.9. The number of likely N-dealkylation sites (N-methyl/N-ethyl adjacent to an activating group) is 1. The van der Waals surface area contributed by atoms with Crippen LogP contribution in [-0.2, 0) is 35.0 Å². The number of cyclic esters (lactones) is 1. The normalized spacial score (nSPS) is 31.6. The monoisotopic (exact) mass is 808 g/mol. The fraction of sp³-hybridized carbons (Fsp3) is 0.659. The van der Waals surface area contributed by atoms with Gasteiger partial charge in [0.15, 0.2) is 6.29 Å². The van der Waals surface area contributed by atoms with E-state index in [-0.39, 0.29) is 25.2 Å². The van der Waals surface area contributed by atoms with Crippen LogP contribution in [0.4, 0.5) is 0 Å². The van der Waals surface area contributed by atoms with Gasteiger partial charge in [0.05, 0.1) is 48.2 Å². The van der Waals surface area contributed by atoms with Crippen molar-refractivity contribution < 1.29 is 49.0 Å². The summed E-state index contributed by atoms with van der Waals surface area (Å²) in [5.41, 5.74) is 1.07. The van der Waals surface area contributed by atoms with Crippen LogP contribution in [0.15, 0.2) is 52.8 Å². The molecular formula is C41H65ClN4O10. The number of carboxylic acid groups (broad SMARTS) is 1. The van der Waals surface area contributed by atoms with Gasteiger partial charge >= 0.3 is 11.9 Å². The molecule has 10 atom stereocenters. The number of nitrogens with zero attached hydrogens (tertiary/aromatic N) is 3. The summed E-state index contributed by atoms with van der Waals surface area (Å²) in [6.45, 7) is 12.4. The number of aliphatic hydroxyl groups is 3. The lowest BCUT2D eigenvalue weighted by atomic mass is 9.84. The Bertz CT molecular complexity index is 1520. The van der Waals surface area contributed by atoms with Crippen molar-refractivity contribution in [3.63, 3.8) is 0 Å². The highest BCUT2D eigenvalue weighted by Crippen LogP contribution is 2.30. The first-order chi connectivity index (χ1) is 26.4. The topological polar surface area (TPSA) is 196 Å². The lowest BCUT2D eigenvalue weighted by Crippen LogP contribution is -2.55. The first-order valence-electron chi connectivity index (χ1n) is 19.4. The summed E-state index contributed by atoms with van der Waals surface area (Å²) in [4.78, 5) is 28.2. The molecule has 1 aromatic heterocycles. The Hall–Kier alpha value is -3.21. The molecule has 0 amide bonds. The van der Waals surface area contributed by atoms with E-state index in [2.05, 4.69) is 15.2 Å². The van der Waals surface area contributed by atoms with E-state index in [0.29, 0.717) is 48.6 Å². The number of benzene rings is 1. The van der Waals surface area contributed by atoms with Crippen molar-refractivity contribution in [2.45, 2.75) is 135 Å². The summed E-state index contributed by atoms with van der Waals surface area (Å²) in [5.74, 6) is -2.44. The number of esters is 1. The van der Waals surface area contributed by atoms with E-state index < -0.39 is 60.1 Å². The van der Waals surface area contributed by atoms with Crippen molar-refractivity contribution >= 4 is 35.0 Å². The van der Waals surface area contributed by atoms with Crippen LogP contribution >= 0.6 is 11.6 Å². The van der Waals surface area contributed by atoms with E-state index in [1.807, 2.05) is 58.8 Å². The molecule has 2 saturated heterocycles. The number of ether oxygens (including phenoxy) is 4. The summed E-state index contributed by atoms with van der Waals surface area (Å²) >= 11 is 5.60. The molecule has 5 N–H and O–H groups in total. The Morgan fingerprint density at radius 1 is 1.07 bits per heavy atom. The number of aliphatic hydroxyl groups excluding tert-OH is 2. The fourth-order valence-electron chi connectivity index (χ4n) is 6.51. The van der Waals surface area contributed by atoms with Gasteiger partial charge in [-0.05, 0) is 96.8 Å². The Labute approximate surface area is 337 Å². The van der Waals surface area contributed by atoms with Crippen molar-refractivity contribution in [1.29, 1.82) is 0 Å². The molecule has 0 bridgehead atoms. The predicted molar refractivity (Wildman–Crippen MR) is 217 cm³/mol. The van der Waals surface area contributed by atoms with Crippen LogP contribution in [0.25, 0.3) is 0 Å². The third kappa shape index (κ3) is 15.3. The average molecular weight is 809 g/mol. The average Bonchev–Trinajstić information content (AvgIpc) is 3.71. The van der Waals surface area contributed by atoms with E-state index in [4.69, 9.17) is 35.7 Å². The lowest BCUT2D eigenvalue weighted by molar-refractivity contribution is -0.279. The molecule has 15 heteroatoms. The highest BCUT2D eigenvalue weighted by molar-refractivity contribution is 6.30. The van der Waals surface area contributed by atoms with Crippen molar-refractivity contribution in [1.82, 2.24) is 9.88 Å². The maximum absolute atomic E-state index is 12.9. The highest BCUT2D eigenvalue weighted by Gasteiger charge is 2.42. The third-order valence-corrected chi connectivity index (χ3v) is 10.3. The number of methoxy groups -OCH3 is 1. The van der Waals surface area contributed by atoms with Crippen LogP contribution in [0, 0.1) is 11.8 Å². The SMILES string of the molecule is CC.COC1CC/C(=N\N=C(/C)c2ccc[nH]2)C(C)C(O)C(C)(O)COC(=O)C(C)CC[C@H]1OC1OC(C)CC(N(C)C)C1O.O=C(O)Cc1ccc(Cl)cc1. The van der Waals surface area contributed by atoms with Gasteiger partial charge in [-0.3, -0.25) is 9.59 Å². The minimum Gasteiger partial charge on any atom is -0.481 e. The zero-order valence-electron chi connectivity index (χ0n) is 34.6. The number of aromatic nitrogens is 1. The summed E-state index contributed by atoms with van der Waals surface area (Å²) in [7, 11) is 5.44. The zero-order valence-corrected chi connectivity index (χ0v) is 35.4. The van der Waals surface area contributed by atoms with Crippen molar-refractivity contribution in [2.24, 2.45) is 22.0 Å². The molecule has 316 valence electrons. The molecular weight excluding hydrogens is 744 g/mol. The molecule has 1 aromatic carbocycles. The second-order valence-electron chi connectivity index (χ2n) is 14.8. The number of halogens is 1. The molecule has 2 fully saturated rings. The Morgan fingerprint density at radius 2 is 1.73 bits per heavy atom.